The van der Waals surface area contributed by atoms with Crippen LogP contribution in [0.15, 0.2) is 107 Å². The Kier molecular flexibility index (Phi) is 17.1. The summed E-state index contributed by atoms with van der Waals surface area (Å²) in [6.07, 6.45) is 4.30. The molecule has 5 rings (SSSR count). The van der Waals surface area contributed by atoms with Crippen LogP contribution in [0, 0.1) is 19.8 Å². The molecule has 1 heterocycles. The van der Waals surface area contributed by atoms with Gasteiger partial charge >= 0.3 is 0 Å². The zero-order chi connectivity index (χ0) is 36.5. The van der Waals surface area contributed by atoms with E-state index < -0.39 is 23.1 Å². The van der Waals surface area contributed by atoms with E-state index in [1.54, 1.807) is 55.3 Å². The molecule has 268 valence electrons. The van der Waals surface area contributed by atoms with Crippen molar-refractivity contribution in [2.24, 2.45) is 5.92 Å². The lowest BCUT2D eigenvalue weighted by atomic mass is 9.96. The number of hydrogen-bond donors (Lipinski definition) is 0. The molecule has 1 aliphatic heterocycles. The number of likely N-dealkylation sites (N-methyl/N-ethyl adjacent to an activating group) is 1. The standard InChI is InChI=1S/C14H17NO3.C14H14O3S.C12H18OS/c1-3-18-12-11(13(16)15(2)14(12)17)9-10-7-5-4-6-8-10;1-11-3-5-13(6-4-11)17-18(15)14-9-7-12(16-2)8-10-14;1-4-5-8-13-11-7-6-10(2)9-12(11)14-3/h4-8,11-12H,3,9H2,1-2H3;3-10H,1-2H3;6-7,9H,4-5,8H2,1-3H3. The smallest absolute Gasteiger partial charge is 0.258 e. The lowest BCUT2D eigenvalue weighted by Gasteiger charge is -2.14. The zero-order valence-corrected chi connectivity index (χ0v) is 31.7. The van der Waals surface area contributed by atoms with Gasteiger partial charge in [-0.3, -0.25) is 14.5 Å². The fourth-order valence-electron chi connectivity index (χ4n) is 4.92. The van der Waals surface area contributed by atoms with Gasteiger partial charge in [0.2, 0.25) is 17.0 Å². The van der Waals surface area contributed by atoms with Crippen LogP contribution in [-0.2, 0) is 31.8 Å². The van der Waals surface area contributed by atoms with Crippen molar-refractivity contribution < 1.29 is 32.2 Å². The predicted molar refractivity (Wildman–Crippen MR) is 201 cm³/mol. The van der Waals surface area contributed by atoms with Gasteiger partial charge in [0.1, 0.15) is 23.4 Å². The number of unbranched alkanes of at least 4 members (excludes halogenated alkanes) is 1. The van der Waals surface area contributed by atoms with Crippen LogP contribution in [0.4, 0.5) is 0 Å². The first kappa shape index (κ1) is 40.3. The Labute approximate surface area is 304 Å². The molecule has 10 heteroatoms. The quantitative estimate of drug-likeness (QED) is 0.0776. The minimum absolute atomic E-state index is 0.151. The van der Waals surface area contributed by atoms with Crippen LogP contribution < -0.4 is 13.7 Å². The number of nitrogens with zero attached hydrogens (tertiary/aromatic N) is 1. The number of carbonyl (C=O) groups excluding carboxylic acids is 2. The molecule has 0 aromatic heterocycles. The van der Waals surface area contributed by atoms with Gasteiger partial charge in [-0.05, 0) is 99.5 Å². The van der Waals surface area contributed by atoms with Gasteiger partial charge in [0.25, 0.3) is 5.91 Å². The number of imide groups is 1. The fourth-order valence-corrected chi connectivity index (χ4v) is 6.29. The maximum absolute atomic E-state index is 12.0. The third-order valence-corrected chi connectivity index (χ3v) is 9.51. The van der Waals surface area contributed by atoms with Gasteiger partial charge in [0.15, 0.2) is 0 Å². The first-order chi connectivity index (χ1) is 24.1. The second-order valence-electron chi connectivity index (χ2n) is 11.6. The van der Waals surface area contributed by atoms with Crippen molar-refractivity contribution >= 4 is 34.7 Å². The van der Waals surface area contributed by atoms with Crippen LogP contribution in [0.3, 0.4) is 0 Å². The lowest BCUT2D eigenvalue weighted by molar-refractivity contribution is -0.140. The molecule has 1 aliphatic rings. The molecular formula is C40H49NO7S2. The molecule has 8 nitrogen and oxygen atoms in total. The van der Waals surface area contributed by atoms with Crippen molar-refractivity contribution in [3.8, 4) is 17.2 Å². The second-order valence-corrected chi connectivity index (χ2v) is 13.5. The molecule has 0 N–H and O–H groups in total. The SMILES string of the molecule is CCCCOc1ccc(C)cc1SC.CCOC1C(=O)N(C)C(=O)C1Cc1ccccc1.COc1ccc(S(=O)Oc2ccc(C)cc2)cc1. The molecule has 2 amide bonds. The summed E-state index contributed by atoms with van der Waals surface area (Å²) in [5.74, 6) is 1.56. The third-order valence-electron chi connectivity index (χ3n) is 7.75. The summed E-state index contributed by atoms with van der Waals surface area (Å²) < 4.78 is 33.5. The molecule has 3 atom stereocenters. The number of benzene rings is 4. The summed E-state index contributed by atoms with van der Waals surface area (Å²) in [5, 5.41) is 0. The molecule has 4 aromatic carbocycles. The van der Waals surface area contributed by atoms with Crippen LogP contribution in [0.5, 0.6) is 17.2 Å². The van der Waals surface area contributed by atoms with Gasteiger partial charge in [-0.2, -0.15) is 0 Å². The number of amides is 2. The van der Waals surface area contributed by atoms with E-state index in [2.05, 4.69) is 38.3 Å². The minimum Gasteiger partial charge on any atom is -0.497 e. The average molecular weight is 720 g/mol. The number of thioether (sulfide) groups is 1. The van der Waals surface area contributed by atoms with Crippen LogP contribution in [0.2, 0.25) is 0 Å². The maximum Gasteiger partial charge on any atom is 0.258 e. The highest BCUT2D eigenvalue weighted by atomic mass is 32.2. The Hall–Kier alpha value is -4.12. The Morgan fingerprint density at radius 3 is 2.06 bits per heavy atom. The van der Waals surface area contributed by atoms with Crippen LogP contribution in [-0.4, -0.2) is 60.7 Å². The molecule has 0 radical (unpaired) electrons. The first-order valence-corrected chi connectivity index (χ1v) is 19.0. The van der Waals surface area contributed by atoms with Crippen LogP contribution in [0.1, 0.15) is 43.4 Å². The van der Waals surface area contributed by atoms with E-state index in [-0.39, 0.29) is 11.8 Å². The summed E-state index contributed by atoms with van der Waals surface area (Å²) in [6.45, 7) is 9.36. The number of carbonyl (C=O) groups is 2. The molecule has 1 fully saturated rings. The first-order valence-electron chi connectivity index (χ1n) is 16.7. The number of likely N-dealkylation sites (tertiary alicyclic amines) is 1. The van der Waals surface area contributed by atoms with E-state index in [1.807, 2.05) is 56.3 Å². The average Bonchev–Trinajstić information content (AvgIpc) is 3.33. The number of ether oxygens (including phenoxy) is 3. The molecule has 0 bridgehead atoms. The van der Waals surface area contributed by atoms with Gasteiger partial charge in [-0.1, -0.05) is 67.4 Å². The van der Waals surface area contributed by atoms with Crippen LogP contribution >= 0.6 is 11.8 Å². The Morgan fingerprint density at radius 1 is 0.820 bits per heavy atom. The summed E-state index contributed by atoms with van der Waals surface area (Å²) in [5.41, 5.74) is 3.47. The van der Waals surface area contributed by atoms with E-state index in [0.29, 0.717) is 23.7 Å². The summed E-state index contributed by atoms with van der Waals surface area (Å²) in [4.78, 5) is 26.9. The second kappa shape index (κ2) is 21.2. The van der Waals surface area contributed by atoms with Gasteiger partial charge in [-0.15, -0.1) is 11.8 Å². The molecule has 50 heavy (non-hydrogen) atoms. The van der Waals surface area contributed by atoms with E-state index in [0.717, 1.165) is 35.7 Å². The van der Waals surface area contributed by atoms with Crippen LogP contribution in [0.25, 0.3) is 0 Å². The molecule has 0 spiro atoms. The van der Waals surface area contributed by atoms with Gasteiger partial charge < -0.3 is 18.4 Å². The maximum atomic E-state index is 12.0. The monoisotopic (exact) mass is 719 g/mol. The van der Waals surface area contributed by atoms with Crippen molar-refractivity contribution in [3.05, 3.63) is 114 Å². The predicted octanol–water partition coefficient (Wildman–Crippen LogP) is 8.25. The largest absolute Gasteiger partial charge is 0.497 e. The molecule has 0 saturated carbocycles. The van der Waals surface area contributed by atoms with E-state index in [9.17, 15) is 13.8 Å². The highest BCUT2D eigenvalue weighted by Crippen LogP contribution is 2.29. The number of rotatable bonds is 13. The molecule has 1 saturated heterocycles. The van der Waals surface area contributed by atoms with Crippen molar-refractivity contribution in [1.29, 1.82) is 0 Å². The molecule has 4 aromatic rings. The minimum atomic E-state index is -1.51. The van der Waals surface area contributed by atoms with E-state index in [1.165, 1.54) is 28.8 Å². The topological polar surface area (TPSA) is 91.4 Å². The number of aryl methyl sites for hydroxylation is 2. The highest BCUT2D eigenvalue weighted by molar-refractivity contribution is 7.98. The Bertz CT molecular complexity index is 1650. The number of hydrogen-bond acceptors (Lipinski definition) is 8. The van der Waals surface area contributed by atoms with Crippen molar-refractivity contribution in [2.45, 2.75) is 62.9 Å². The van der Waals surface area contributed by atoms with Gasteiger partial charge in [-0.25, -0.2) is 4.21 Å². The van der Waals surface area contributed by atoms with Gasteiger partial charge in [0.05, 0.1) is 24.5 Å². The Morgan fingerprint density at radius 2 is 1.46 bits per heavy atom. The van der Waals surface area contributed by atoms with Crippen molar-refractivity contribution in [1.82, 2.24) is 4.90 Å². The van der Waals surface area contributed by atoms with E-state index >= 15 is 0 Å². The summed E-state index contributed by atoms with van der Waals surface area (Å²) >= 11 is 0.236. The number of methoxy groups -OCH3 is 1. The normalized spacial score (nSPS) is 15.7. The molecule has 3 unspecified atom stereocenters. The highest BCUT2D eigenvalue weighted by Gasteiger charge is 2.46. The summed E-state index contributed by atoms with van der Waals surface area (Å²) in [6, 6.07) is 30.4. The van der Waals surface area contributed by atoms with Gasteiger partial charge in [0, 0.05) is 18.6 Å². The summed E-state index contributed by atoms with van der Waals surface area (Å²) in [7, 11) is 3.11. The molecule has 0 aliphatic carbocycles. The third kappa shape index (κ3) is 12.3. The Balaban J connectivity index is 0.000000205. The fraction of sp³-hybridized carbons (Fsp3) is 0.350. The molecular weight excluding hydrogens is 671 g/mol. The zero-order valence-electron chi connectivity index (χ0n) is 30.0. The lowest BCUT2D eigenvalue weighted by Crippen LogP contribution is -2.30. The van der Waals surface area contributed by atoms with Crippen molar-refractivity contribution in [2.75, 3.05) is 33.6 Å². The van der Waals surface area contributed by atoms with Crippen molar-refractivity contribution in [3.63, 3.8) is 0 Å². The van der Waals surface area contributed by atoms with E-state index in [4.69, 9.17) is 18.4 Å².